The van der Waals surface area contributed by atoms with E-state index in [1.54, 1.807) is 17.1 Å². The maximum absolute atomic E-state index is 11.1. The first-order valence-electron chi connectivity index (χ1n) is 4.20. The maximum Gasteiger partial charge on any atom is 0.243 e. The van der Waals surface area contributed by atoms with Crippen molar-refractivity contribution in [2.24, 2.45) is 5.10 Å². The van der Waals surface area contributed by atoms with Crippen LogP contribution in [0.15, 0.2) is 11.3 Å². The van der Waals surface area contributed by atoms with E-state index in [0.717, 1.165) is 10.9 Å². The highest BCUT2D eigenvalue weighted by Gasteiger charge is 2.10. The molecule has 0 fully saturated rings. The third-order valence-electron chi connectivity index (χ3n) is 2.06. The van der Waals surface area contributed by atoms with Gasteiger partial charge in [0, 0.05) is 18.3 Å². The van der Waals surface area contributed by atoms with Crippen LogP contribution in [0.5, 0.6) is 0 Å². The number of hydrogen-bond donors (Lipinski definition) is 0. The summed E-state index contributed by atoms with van der Waals surface area (Å²) < 4.78 is 1.61. The van der Waals surface area contributed by atoms with Crippen LogP contribution in [-0.4, -0.2) is 20.7 Å². The van der Waals surface area contributed by atoms with Crippen LogP contribution in [0.1, 0.15) is 12.6 Å². The molecule has 0 atom stereocenters. The summed E-state index contributed by atoms with van der Waals surface area (Å²) in [6, 6.07) is 0. The van der Waals surface area contributed by atoms with Crippen molar-refractivity contribution in [1.82, 2.24) is 14.8 Å². The van der Waals surface area contributed by atoms with Crippen molar-refractivity contribution in [1.29, 1.82) is 0 Å². The lowest BCUT2D eigenvalue weighted by Gasteiger charge is -2.11. The van der Waals surface area contributed by atoms with Gasteiger partial charge in [-0.25, -0.2) is 9.69 Å². The monoisotopic (exact) mass is 190 g/mol. The fourth-order valence-electron chi connectivity index (χ4n) is 1.22. The molecule has 0 aromatic carbocycles. The Kier molecular flexibility index (Phi) is 1.73. The standard InChI is InChI=1S/C9H10N4O/c1-6-7(2)10-13-5-4-12(8(3)14)11-9(6)13/h4-5H,1H2,2-3H3. The van der Waals surface area contributed by atoms with E-state index in [4.69, 9.17) is 0 Å². The molecule has 2 rings (SSSR count). The highest BCUT2D eigenvalue weighted by molar-refractivity contribution is 5.74. The zero-order chi connectivity index (χ0) is 10.3. The molecule has 0 saturated carbocycles. The van der Waals surface area contributed by atoms with Crippen LogP contribution in [0.4, 0.5) is 0 Å². The summed E-state index contributed by atoms with van der Waals surface area (Å²) in [5.41, 5.74) is 1.43. The highest BCUT2D eigenvalue weighted by Crippen LogP contribution is 1.96. The Hall–Kier alpha value is -1.91. The summed E-state index contributed by atoms with van der Waals surface area (Å²) in [5.74, 6) is -0.134. The second-order valence-electron chi connectivity index (χ2n) is 3.09. The maximum atomic E-state index is 11.1. The first-order chi connectivity index (χ1) is 6.59. The number of carbonyl (C=O) groups is 1. The van der Waals surface area contributed by atoms with Gasteiger partial charge in [0.15, 0.2) is 5.49 Å². The average Bonchev–Trinajstić information content (AvgIpc) is 2.43. The summed E-state index contributed by atoms with van der Waals surface area (Å²) in [7, 11) is 0. The van der Waals surface area contributed by atoms with Crippen molar-refractivity contribution >= 4 is 18.7 Å². The van der Waals surface area contributed by atoms with Crippen LogP contribution in [0.2, 0.25) is 0 Å². The molecular weight excluding hydrogens is 180 g/mol. The molecule has 2 heterocycles. The van der Waals surface area contributed by atoms with Gasteiger partial charge in [-0.15, -0.1) is 5.10 Å². The van der Waals surface area contributed by atoms with Gasteiger partial charge in [-0.3, -0.25) is 4.79 Å². The van der Waals surface area contributed by atoms with Crippen molar-refractivity contribution in [3.05, 3.63) is 22.6 Å². The summed E-state index contributed by atoms with van der Waals surface area (Å²) in [4.78, 5) is 11.1. The molecule has 1 aliphatic rings. The van der Waals surface area contributed by atoms with E-state index in [9.17, 15) is 4.79 Å². The predicted molar refractivity (Wildman–Crippen MR) is 51.1 cm³/mol. The second-order valence-corrected chi connectivity index (χ2v) is 3.09. The van der Waals surface area contributed by atoms with Crippen molar-refractivity contribution < 1.29 is 4.79 Å². The van der Waals surface area contributed by atoms with Gasteiger partial charge < -0.3 is 0 Å². The van der Waals surface area contributed by atoms with E-state index in [1.807, 2.05) is 6.92 Å². The predicted octanol–water partition coefficient (Wildman–Crippen LogP) is -0.573. The van der Waals surface area contributed by atoms with Crippen molar-refractivity contribution in [3.63, 3.8) is 0 Å². The lowest BCUT2D eigenvalue weighted by Crippen LogP contribution is -2.35. The Morgan fingerprint density at radius 2 is 2.21 bits per heavy atom. The molecule has 0 radical (unpaired) electrons. The van der Waals surface area contributed by atoms with Crippen LogP contribution >= 0.6 is 0 Å². The van der Waals surface area contributed by atoms with Crippen molar-refractivity contribution in [2.75, 3.05) is 0 Å². The Labute approximate surface area is 80.6 Å². The van der Waals surface area contributed by atoms with E-state index in [0.29, 0.717) is 5.49 Å². The van der Waals surface area contributed by atoms with Crippen molar-refractivity contribution in [3.8, 4) is 0 Å². The first-order valence-corrected chi connectivity index (χ1v) is 4.20. The number of hydrogen-bond acceptors (Lipinski definition) is 3. The number of aromatic nitrogens is 2. The number of amides is 1. The zero-order valence-corrected chi connectivity index (χ0v) is 8.06. The minimum absolute atomic E-state index is 0.134. The highest BCUT2D eigenvalue weighted by atomic mass is 16.2. The van der Waals surface area contributed by atoms with Crippen LogP contribution < -0.4 is 10.7 Å². The average molecular weight is 190 g/mol. The summed E-state index contributed by atoms with van der Waals surface area (Å²) >= 11 is 0. The quantitative estimate of drug-likeness (QED) is 0.550. The molecule has 0 spiro atoms. The van der Waals surface area contributed by atoms with E-state index in [1.165, 1.54) is 11.9 Å². The number of rotatable bonds is 0. The fourth-order valence-corrected chi connectivity index (χ4v) is 1.22. The molecule has 1 amide bonds. The fraction of sp³-hybridized carbons (Fsp3) is 0.222. The smallest absolute Gasteiger partial charge is 0.243 e. The third kappa shape index (κ3) is 1.14. The van der Waals surface area contributed by atoms with E-state index in [2.05, 4.69) is 16.8 Å². The molecular formula is C9H10N4O. The van der Waals surface area contributed by atoms with E-state index >= 15 is 0 Å². The van der Waals surface area contributed by atoms with Crippen LogP contribution in [0, 0.1) is 6.92 Å². The lowest BCUT2D eigenvalue weighted by atomic mass is 10.4. The molecule has 14 heavy (non-hydrogen) atoms. The number of fused-ring (bicyclic) bond motifs is 1. The Bertz CT molecular complexity index is 526. The SMILES string of the molecule is C=c1c(C)nn2c1=NN(C(C)=O)C=C2. The molecule has 5 nitrogen and oxygen atoms in total. The molecule has 5 heteroatoms. The Morgan fingerprint density at radius 3 is 2.86 bits per heavy atom. The van der Waals surface area contributed by atoms with Gasteiger partial charge in [0.05, 0.1) is 11.9 Å². The molecule has 1 aromatic heterocycles. The molecule has 0 unspecified atom stereocenters. The summed E-state index contributed by atoms with van der Waals surface area (Å²) in [6.45, 7) is 7.15. The number of carbonyl (C=O) groups excluding carboxylic acids is 1. The van der Waals surface area contributed by atoms with Gasteiger partial charge >= 0.3 is 0 Å². The third-order valence-corrected chi connectivity index (χ3v) is 2.06. The normalized spacial score (nSPS) is 13.7. The van der Waals surface area contributed by atoms with Crippen LogP contribution in [-0.2, 0) is 4.79 Å². The minimum Gasteiger partial charge on any atom is -0.273 e. The van der Waals surface area contributed by atoms with E-state index in [-0.39, 0.29) is 5.91 Å². The topological polar surface area (TPSA) is 50.5 Å². The van der Waals surface area contributed by atoms with Crippen LogP contribution in [0.3, 0.4) is 0 Å². The van der Waals surface area contributed by atoms with Gasteiger partial charge in [0.2, 0.25) is 5.91 Å². The molecule has 0 aliphatic carbocycles. The van der Waals surface area contributed by atoms with Gasteiger partial charge in [-0.05, 0) is 6.92 Å². The van der Waals surface area contributed by atoms with Gasteiger partial charge in [-0.1, -0.05) is 6.58 Å². The molecule has 1 aliphatic heterocycles. The second kappa shape index (κ2) is 2.80. The van der Waals surface area contributed by atoms with Gasteiger partial charge in [0.25, 0.3) is 0 Å². The molecule has 0 bridgehead atoms. The number of aryl methyl sites for hydroxylation is 1. The molecule has 0 saturated heterocycles. The summed E-state index contributed by atoms with van der Waals surface area (Å²) in [5, 5.41) is 10.3. The van der Waals surface area contributed by atoms with E-state index < -0.39 is 0 Å². The van der Waals surface area contributed by atoms with Crippen LogP contribution in [0.25, 0.3) is 12.8 Å². The Balaban J connectivity index is 2.67. The first kappa shape index (κ1) is 8.68. The summed E-state index contributed by atoms with van der Waals surface area (Å²) in [6.07, 6.45) is 3.26. The zero-order valence-electron chi connectivity index (χ0n) is 8.06. The van der Waals surface area contributed by atoms with Crippen molar-refractivity contribution in [2.45, 2.75) is 13.8 Å². The Morgan fingerprint density at radius 1 is 1.50 bits per heavy atom. The number of nitrogens with zero attached hydrogens (tertiary/aromatic N) is 4. The lowest BCUT2D eigenvalue weighted by molar-refractivity contribution is -0.126. The van der Waals surface area contributed by atoms with Gasteiger partial charge in [-0.2, -0.15) is 5.10 Å². The molecule has 1 aromatic rings. The van der Waals surface area contributed by atoms with Gasteiger partial charge in [0.1, 0.15) is 0 Å². The largest absolute Gasteiger partial charge is 0.273 e. The molecule has 72 valence electrons. The molecule has 0 N–H and O–H groups in total. The minimum atomic E-state index is -0.134.